The first-order valence-electron chi connectivity index (χ1n) is 12.1. The maximum absolute atomic E-state index is 13.8. The average Bonchev–Trinajstić information content (AvgIpc) is 3.63. The van der Waals surface area contributed by atoms with Crippen LogP contribution in [0.4, 0.5) is 0 Å². The minimum Gasteiger partial charge on any atom is -0.295 e. The summed E-state index contributed by atoms with van der Waals surface area (Å²) in [6, 6.07) is 8.08. The molecule has 0 saturated carbocycles. The quantitative estimate of drug-likeness (QED) is 0.382. The number of aromatic nitrogens is 10. The average molecular weight is 488 g/mol. The second kappa shape index (κ2) is 9.80. The van der Waals surface area contributed by atoms with Crippen LogP contribution in [-0.2, 0) is 24.9 Å². The second-order valence-corrected chi connectivity index (χ2v) is 9.50. The van der Waals surface area contributed by atoms with Crippen molar-refractivity contribution in [2.45, 2.75) is 58.5 Å². The van der Waals surface area contributed by atoms with Crippen LogP contribution in [0.15, 0.2) is 52.5 Å². The summed E-state index contributed by atoms with van der Waals surface area (Å²) >= 11 is 0. The molecule has 1 unspecified atom stereocenters. The number of tetrazole rings is 2. The Morgan fingerprint density at radius 1 is 1.19 bits per heavy atom. The molecule has 1 aromatic carbocycles. The Kier molecular flexibility index (Phi) is 6.40. The predicted octanol–water partition coefficient (Wildman–Crippen LogP) is 2.34. The number of nitrogens with one attached hydrogen (secondary N) is 1. The van der Waals surface area contributed by atoms with Crippen molar-refractivity contribution in [3.63, 3.8) is 0 Å². The van der Waals surface area contributed by atoms with Crippen molar-refractivity contribution in [1.82, 2.24) is 50.0 Å². The van der Waals surface area contributed by atoms with Crippen LogP contribution >= 0.6 is 0 Å². The van der Waals surface area contributed by atoms with Crippen molar-refractivity contribution in [2.24, 2.45) is 10.9 Å². The van der Waals surface area contributed by atoms with Crippen molar-refractivity contribution in [1.29, 1.82) is 0 Å². The van der Waals surface area contributed by atoms with Crippen LogP contribution in [0.2, 0.25) is 0 Å². The molecule has 0 saturated heterocycles. The van der Waals surface area contributed by atoms with E-state index >= 15 is 0 Å². The predicted molar refractivity (Wildman–Crippen MR) is 134 cm³/mol. The largest absolute Gasteiger partial charge is 0.335 e. The molecule has 1 atom stereocenters. The maximum atomic E-state index is 13.8. The standard InChI is InChI=1S/C24H29N11O/c1-4-6-20-15-33(22-28-31-32-35(22)14-17(2)3)23(36)34(20)16-24(9-11-25-12-10-24)19-8-5-7-18(13-19)21-26-29-30-27-21/h5,7-9,11-13,15,17H,4,6,10,14,16H2,1-3H3,(H,26,27,29,30). The van der Waals surface area contributed by atoms with Gasteiger partial charge in [0.25, 0.3) is 5.95 Å². The first-order chi connectivity index (χ1) is 17.5. The van der Waals surface area contributed by atoms with Gasteiger partial charge in [-0.1, -0.05) is 56.6 Å². The number of aryl methyl sites for hydroxylation is 1. The fourth-order valence-electron chi connectivity index (χ4n) is 4.62. The minimum atomic E-state index is -0.479. The Bertz CT molecular complexity index is 1440. The molecule has 186 valence electrons. The molecule has 36 heavy (non-hydrogen) atoms. The third kappa shape index (κ3) is 4.41. The number of hydrogen-bond donors (Lipinski definition) is 1. The Labute approximate surface area is 207 Å². The first-order valence-corrected chi connectivity index (χ1v) is 12.1. The lowest BCUT2D eigenvalue weighted by Crippen LogP contribution is -2.37. The molecule has 5 rings (SSSR count). The molecule has 4 heterocycles. The van der Waals surface area contributed by atoms with E-state index in [0.717, 1.165) is 29.7 Å². The highest BCUT2D eigenvalue weighted by molar-refractivity contribution is 5.65. The van der Waals surface area contributed by atoms with Crippen LogP contribution in [0.3, 0.4) is 0 Å². The van der Waals surface area contributed by atoms with Gasteiger partial charge >= 0.3 is 5.69 Å². The number of nitrogens with zero attached hydrogens (tertiary/aromatic N) is 10. The molecule has 3 aromatic heterocycles. The van der Waals surface area contributed by atoms with Gasteiger partial charge in [0, 0.05) is 48.4 Å². The zero-order chi connectivity index (χ0) is 25.1. The number of imidazole rings is 1. The summed E-state index contributed by atoms with van der Waals surface area (Å²) in [5, 5.41) is 26.4. The Morgan fingerprint density at radius 2 is 2.08 bits per heavy atom. The van der Waals surface area contributed by atoms with Crippen LogP contribution in [0.1, 0.15) is 44.9 Å². The van der Waals surface area contributed by atoms with Gasteiger partial charge in [-0.3, -0.25) is 9.56 Å². The smallest absolute Gasteiger partial charge is 0.295 e. The van der Waals surface area contributed by atoms with Gasteiger partial charge in [0.15, 0.2) is 5.82 Å². The van der Waals surface area contributed by atoms with Crippen molar-refractivity contribution in [2.75, 3.05) is 0 Å². The normalized spacial score (nSPS) is 17.3. The van der Waals surface area contributed by atoms with E-state index in [-0.39, 0.29) is 5.69 Å². The molecule has 4 aromatic rings. The van der Waals surface area contributed by atoms with Crippen LogP contribution < -0.4 is 5.69 Å². The van der Waals surface area contributed by atoms with Crippen molar-refractivity contribution < 1.29 is 0 Å². The van der Waals surface area contributed by atoms with Crippen molar-refractivity contribution in [3.8, 4) is 17.3 Å². The molecular weight excluding hydrogens is 458 g/mol. The van der Waals surface area contributed by atoms with E-state index in [0.29, 0.717) is 37.2 Å². The van der Waals surface area contributed by atoms with E-state index < -0.39 is 5.41 Å². The highest BCUT2D eigenvalue weighted by atomic mass is 16.2. The Hall–Kier alpha value is -4.22. The van der Waals surface area contributed by atoms with Crippen LogP contribution in [-0.4, -0.2) is 56.2 Å². The molecule has 0 bridgehead atoms. The monoisotopic (exact) mass is 487 g/mol. The fraction of sp³-hybridized carbons (Fsp3) is 0.417. The summed E-state index contributed by atoms with van der Waals surface area (Å²) < 4.78 is 5.10. The number of H-pyrrole nitrogens is 1. The number of aromatic amines is 1. The third-order valence-corrected chi connectivity index (χ3v) is 6.37. The summed E-state index contributed by atoms with van der Waals surface area (Å²) in [5.74, 6) is 1.36. The molecular formula is C24H29N11O. The van der Waals surface area contributed by atoms with Crippen LogP contribution in [0.5, 0.6) is 0 Å². The lowest BCUT2D eigenvalue weighted by atomic mass is 9.76. The number of allylic oxidation sites excluding steroid dienone is 1. The van der Waals surface area contributed by atoms with E-state index in [1.165, 1.54) is 0 Å². The highest BCUT2D eigenvalue weighted by Crippen LogP contribution is 2.35. The van der Waals surface area contributed by atoms with Crippen LogP contribution in [0.25, 0.3) is 17.3 Å². The molecule has 0 aliphatic carbocycles. The van der Waals surface area contributed by atoms with E-state index in [4.69, 9.17) is 0 Å². The van der Waals surface area contributed by atoms with E-state index in [9.17, 15) is 4.79 Å². The summed E-state index contributed by atoms with van der Waals surface area (Å²) in [5.41, 5.74) is 2.22. The Morgan fingerprint density at radius 3 is 2.81 bits per heavy atom. The van der Waals surface area contributed by atoms with Gasteiger partial charge in [0.1, 0.15) is 0 Å². The lowest BCUT2D eigenvalue weighted by molar-refractivity contribution is 0.436. The number of rotatable bonds is 9. The highest BCUT2D eigenvalue weighted by Gasteiger charge is 2.33. The summed E-state index contributed by atoms with van der Waals surface area (Å²) in [6.07, 6.45) is 9.96. The van der Waals surface area contributed by atoms with E-state index in [2.05, 4.69) is 80.1 Å². The van der Waals surface area contributed by atoms with Gasteiger partial charge in [-0.25, -0.2) is 19.1 Å². The molecule has 0 fully saturated rings. The maximum Gasteiger partial charge on any atom is 0.335 e. The second-order valence-electron chi connectivity index (χ2n) is 9.50. The van der Waals surface area contributed by atoms with Gasteiger partial charge in [0.05, 0.1) is 0 Å². The van der Waals surface area contributed by atoms with Gasteiger partial charge in [0.2, 0.25) is 0 Å². The Balaban J connectivity index is 1.59. The summed E-state index contributed by atoms with van der Waals surface area (Å²) in [7, 11) is 0. The van der Waals surface area contributed by atoms with E-state index in [1.807, 2.05) is 29.1 Å². The van der Waals surface area contributed by atoms with Gasteiger partial charge in [-0.05, 0) is 51.2 Å². The number of benzene rings is 1. The number of aliphatic imine (C=N–C) groups is 1. The first kappa shape index (κ1) is 23.5. The van der Waals surface area contributed by atoms with Crippen molar-refractivity contribution >= 4 is 6.21 Å². The lowest BCUT2D eigenvalue weighted by Gasteiger charge is -2.32. The molecule has 1 N–H and O–H groups in total. The molecule has 12 nitrogen and oxygen atoms in total. The molecule has 0 amide bonds. The van der Waals surface area contributed by atoms with Gasteiger partial charge < -0.3 is 0 Å². The zero-order valence-corrected chi connectivity index (χ0v) is 20.6. The summed E-state index contributed by atoms with van der Waals surface area (Å²) in [4.78, 5) is 18.1. The zero-order valence-electron chi connectivity index (χ0n) is 20.6. The summed E-state index contributed by atoms with van der Waals surface area (Å²) in [6.45, 7) is 7.35. The SMILES string of the molecule is CCCc1cn(-c2nnnn2CC(C)C)c(=O)n1CC1(c2cccc(-c3nnn[nH]3)c2)C=CN=CC1. The van der Waals surface area contributed by atoms with Crippen LogP contribution in [0, 0.1) is 5.92 Å². The molecule has 0 spiro atoms. The molecule has 1 aliphatic rings. The van der Waals surface area contributed by atoms with E-state index in [1.54, 1.807) is 15.4 Å². The fourth-order valence-corrected chi connectivity index (χ4v) is 4.62. The minimum absolute atomic E-state index is 0.163. The molecule has 1 aliphatic heterocycles. The molecule has 12 heteroatoms. The third-order valence-electron chi connectivity index (χ3n) is 6.37. The van der Waals surface area contributed by atoms with Crippen molar-refractivity contribution in [3.05, 3.63) is 64.5 Å². The van der Waals surface area contributed by atoms with Gasteiger partial charge in [-0.15, -0.1) is 5.10 Å². The van der Waals surface area contributed by atoms with Gasteiger partial charge in [-0.2, -0.15) is 0 Å². The number of hydrogen-bond acceptors (Lipinski definition) is 8. The molecule has 0 radical (unpaired) electrons. The topological polar surface area (TPSA) is 137 Å².